The van der Waals surface area contributed by atoms with Gasteiger partial charge in [0.1, 0.15) is 6.54 Å². The number of sulfonamides is 1. The molecule has 6 heteroatoms. The zero-order valence-electron chi connectivity index (χ0n) is 17.0. The van der Waals surface area contributed by atoms with Crippen LogP contribution in [0.15, 0.2) is 77.7 Å². The lowest BCUT2D eigenvalue weighted by Crippen LogP contribution is -2.43. The summed E-state index contributed by atoms with van der Waals surface area (Å²) in [5, 5.41) is 3.00. The summed E-state index contributed by atoms with van der Waals surface area (Å²) >= 11 is 0. The number of nitrogens with zero attached hydrogens (tertiary/aromatic N) is 1. The van der Waals surface area contributed by atoms with Crippen LogP contribution in [0.4, 0.5) is 5.69 Å². The predicted molar refractivity (Wildman–Crippen MR) is 119 cm³/mol. The molecule has 1 aliphatic rings. The fourth-order valence-corrected chi connectivity index (χ4v) is 5.49. The van der Waals surface area contributed by atoms with Gasteiger partial charge in [-0.05, 0) is 31.0 Å². The SMILES string of the molecule is CC[C@@H](NC(=O)CN1c2ccccc2-c2ccccc2S1(=O)=O)c1ccc(C)cc1. The molecule has 0 saturated carbocycles. The number of anilines is 1. The van der Waals surface area contributed by atoms with Crippen molar-refractivity contribution in [3.63, 3.8) is 0 Å². The molecule has 154 valence electrons. The van der Waals surface area contributed by atoms with Crippen LogP contribution in [0.5, 0.6) is 0 Å². The van der Waals surface area contributed by atoms with Crippen LogP contribution in [0, 0.1) is 6.92 Å². The highest BCUT2D eigenvalue weighted by Crippen LogP contribution is 2.42. The van der Waals surface area contributed by atoms with Crippen molar-refractivity contribution in [1.29, 1.82) is 0 Å². The molecule has 1 atom stereocenters. The quantitative estimate of drug-likeness (QED) is 0.664. The molecule has 0 aliphatic carbocycles. The lowest BCUT2D eigenvalue weighted by atomic mass is 10.0. The number of nitrogens with one attached hydrogen (secondary N) is 1. The van der Waals surface area contributed by atoms with Gasteiger partial charge in [-0.3, -0.25) is 9.10 Å². The molecule has 0 fully saturated rings. The molecule has 3 aromatic rings. The Morgan fingerprint density at radius 1 is 0.933 bits per heavy atom. The second-order valence-corrected chi connectivity index (χ2v) is 9.29. The van der Waals surface area contributed by atoms with E-state index in [1.54, 1.807) is 30.3 Å². The molecule has 0 radical (unpaired) electrons. The van der Waals surface area contributed by atoms with E-state index >= 15 is 0 Å². The number of hydrogen-bond acceptors (Lipinski definition) is 3. The van der Waals surface area contributed by atoms with E-state index in [4.69, 9.17) is 0 Å². The van der Waals surface area contributed by atoms with Crippen LogP contribution in [0.25, 0.3) is 11.1 Å². The van der Waals surface area contributed by atoms with Gasteiger partial charge in [-0.1, -0.05) is 73.2 Å². The van der Waals surface area contributed by atoms with E-state index in [0.717, 1.165) is 16.7 Å². The van der Waals surface area contributed by atoms with Gasteiger partial charge in [-0.2, -0.15) is 0 Å². The van der Waals surface area contributed by atoms with Gasteiger partial charge >= 0.3 is 0 Å². The van der Waals surface area contributed by atoms with E-state index in [-0.39, 0.29) is 23.4 Å². The normalized spacial score (nSPS) is 15.1. The van der Waals surface area contributed by atoms with E-state index in [1.165, 1.54) is 4.31 Å². The second kappa shape index (κ2) is 7.95. The number of rotatable bonds is 5. The maximum atomic E-state index is 13.3. The average molecular weight is 421 g/mol. The molecule has 1 N–H and O–H groups in total. The first-order valence-corrected chi connectivity index (χ1v) is 11.4. The zero-order valence-corrected chi connectivity index (χ0v) is 17.8. The van der Waals surface area contributed by atoms with Gasteiger partial charge in [0.2, 0.25) is 5.91 Å². The van der Waals surface area contributed by atoms with Gasteiger partial charge in [0.05, 0.1) is 16.6 Å². The fraction of sp³-hybridized carbons (Fsp3) is 0.208. The summed E-state index contributed by atoms with van der Waals surface area (Å²) in [6.07, 6.45) is 0.709. The third-order valence-corrected chi connectivity index (χ3v) is 7.25. The van der Waals surface area contributed by atoms with Crippen LogP contribution in [0.2, 0.25) is 0 Å². The minimum atomic E-state index is -3.83. The number of carbonyl (C=O) groups excluding carboxylic acids is 1. The maximum Gasteiger partial charge on any atom is 0.265 e. The largest absolute Gasteiger partial charge is 0.348 e. The van der Waals surface area contributed by atoms with Crippen LogP contribution < -0.4 is 9.62 Å². The molecular formula is C24H24N2O3S. The lowest BCUT2D eigenvalue weighted by Gasteiger charge is -2.32. The van der Waals surface area contributed by atoms with E-state index in [0.29, 0.717) is 17.7 Å². The molecule has 0 aromatic heterocycles. The first-order valence-electron chi connectivity index (χ1n) is 9.99. The Labute approximate surface area is 177 Å². The molecule has 30 heavy (non-hydrogen) atoms. The molecule has 0 spiro atoms. The van der Waals surface area contributed by atoms with Crippen molar-refractivity contribution in [3.05, 3.63) is 83.9 Å². The summed E-state index contributed by atoms with van der Waals surface area (Å²) in [6.45, 7) is 3.74. The van der Waals surface area contributed by atoms with Crippen molar-refractivity contribution in [2.75, 3.05) is 10.8 Å². The molecule has 3 aromatic carbocycles. The minimum absolute atomic E-state index is 0.173. The molecule has 0 saturated heterocycles. The Bertz CT molecular complexity index is 1190. The molecule has 5 nitrogen and oxygen atoms in total. The first-order chi connectivity index (χ1) is 14.4. The number of benzene rings is 3. The Kier molecular flexibility index (Phi) is 5.35. The van der Waals surface area contributed by atoms with Gasteiger partial charge in [0, 0.05) is 11.1 Å². The molecule has 1 amide bonds. The Balaban J connectivity index is 1.64. The average Bonchev–Trinajstić information content (AvgIpc) is 2.76. The predicted octanol–water partition coefficient (Wildman–Crippen LogP) is 4.44. The smallest absolute Gasteiger partial charge is 0.265 e. The van der Waals surface area contributed by atoms with Crippen molar-refractivity contribution in [2.24, 2.45) is 0 Å². The number of aryl methyl sites for hydroxylation is 1. The van der Waals surface area contributed by atoms with Crippen molar-refractivity contribution in [1.82, 2.24) is 5.32 Å². The topological polar surface area (TPSA) is 66.5 Å². The Morgan fingerprint density at radius 3 is 2.27 bits per heavy atom. The van der Waals surface area contributed by atoms with Crippen LogP contribution in [0.1, 0.15) is 30.5 Å². The summed E-state index contributed by atoms with van der Waals surface area (Å²) in [4.78, 5) is 13.1. The van der Waals surface area contributed by atoms with Crippen LogP contribution in [-0.2, 0) is 14.8 Å². The van der Waals surface area contributed by atoms with Crippen molar-refractivity contribution < 1.29 is 13.2 Å². The molecule has 0 unspecified atom stereocenters. The lowest BCUT2D eigenvalue weighted by molar-refractivity contribution is -0.120. The van der Waals surface area contributed by atoms with Gasteiger partial charge in [0.25, 0.3) is 10.0 Å². The summed E-state index contributed by atoms with van der Waals surface area (Å²) < 4.78 is 27.8. The number of fused-ring (bicyclic) bond motifs is 3. The standard InChI is InChI=1S/C24H24N2O3S/c1-3-21(18-14-12-17(2)13-15-18)25-24(27)16-26-22-10-6-4-8-19(22)20-9-5-7-11-23(20)30(26,28)29/h4-15,21H,3,16H2,1-2H3,(H,25,27)/t21-/m1/s1. The summed E-state index contributed by atoms with van der Waals surface area (Å²) in [5.41, 5.74) is 4.14. The summed E-state index contributed by atoms with van der Waals surface area (Å²) in [5.74, 6) is -0.333. The van der Waals surface area contributed by atoms with Crippen LogP contribution >= 0.6 is 0 Å². The summed E-state index contributed by atoms with van der Waals surface area (Å²) in [6, 6.07) is 22.0. The van der Waals surface area contributed by atoms with Crippen molar-refractivity contribution in [3.8, 4) is 11.1 Å². The number of amides is 1. The highest BCUT2D eigenvalue weighted by atomic mass is 32.2. The first kappa shape index (κ1) is 20.2. The monoisotopic (exact) mass is 420 g/mol. The third kappa shape index (κ3) is 3.59. The number of para-hydroxylation sites is 1. The number of hydrogen-bond donors (Lipinski definition) is 1. The molecule has 0 bridgehead atoms. The fourth-order valence-electron chi connectivity index (χ4n) is 3.84. The molecule has 1 heterocycles. The highest BCUT2D eigenvalue weighted by Gasteiger charge is 2.35. The van der Waals surface area contributed by atoms with Gasteiger partial charge in [0.15, 0.2) is 0 Å². The van der Waals surface area contributed by atoms with E-state index in [9.17, 15) is 13.2 Å². The Morgan fingerprint density at radius 2 is 1.57 bits per heavy atom. The Hall–Kier alpha value is -3.12. The molecule has 4 rings (SSSR count). The molecular weight excluding hydrogens is 396 g/mol. The summed E-state index contributed by atoms with van der Waals surface area (Å²) in [7, 11) is -3.83. The van der Waals surface area contributed by atoms with E-state index < -0.39 is 10.0 Å². The maximum absolute atomic E-state index is 13.3. The van der Waals surface area contributed by atoms with Crippen LogP contribution in [0.3, 0.4) is 0 Å². The van der Waals surface area contributed by atoms with Crippen LogP contribution in [-0.4, -0.2) is 20.9 Å². The zero-order chi connectivity index (χ0) is 21.3. The van der Waals surface area contributed by atoms with Gasteiger partial charge < -0.3 is 5.32 Å². The number of carbonyl (C=O) groups is 1. The highest BCUT2D eigenvalue weighted by molar-refractivity contribution is 7.93. The minimum Gasteiger partial charge on any atom is -0.348 e. The van der Waals surface area contributed by atoms with Crippen molar-refractivity contribution >= 4 is 21.6 Å². The second-order valence-electron chi connectivity index (χ2n) is 7.46. The van der Waals surface area contributed by atoms with E-state index in [1.807, 2.05) is 56.3 Å². The van der Waals surface area contributed by atoms with E-state index in [2.05, 4.69) is 5.32 Å². The van der Waals surface area contributed by atoms with Crippen molar-refractivity contribution in [2.45, 2.75) is 31.2 Å². The third-order valence-electron chi connectivity index (χ3n) is 5.43. The van der Waals surface area contributed by atoms with Gasteiger partial charge in [-0.15, -0.1) is 0 Å². The molecule has 1 aliphatic heterocycles. The van der Waals surface area contributed by atoms with Gasteiger partial charge in [-0.25, -0.2) is 8.42 Å².